The summed E-state index contributed by atoms with van der Waals surface area (Å²) in [6.07, 6.45) is 0. The molecule has 0 bridgehead atoms. The van der Waals surface area contributed by atoms with Crippen molar-refractivity contribution >= 4 is 21.8 Å². The fraction of sp³-hybridized carbons (Fsp3) is 0.176. The molecule has 1 amide bonds. The third-order valence-electron chi connectivity index (χ3n) is 3.07. The van der Waals surface area contributed by atoms with Crippen LogP contribution in [0.15, 0.2) is 46.9 Å². The topological polar surface area (TPSA) is 71.3 Å². The van der Waals surface area contributed by atoms with Crippen LogP contribution in [0.3, 0.4) is 0 Å². The molecule has 0 heterocycles. The number of halogens is 1. The highest BCUT2D eigenvalue weighted by Gasteiger charge is 2.07. The zero-order chi connectivity index (χ0) is 16.7. The van der Waals surface area contributed by atoms with Crippen LogP contribution in [0.1, 0.15) is 11.1 Å². The molecule has 6 heteroatoms. The predicted octanol–water partition coefficient (Wildman–Crippen LogP) is 3.02. The van der Waals surface area contributed by atoms with Gasteiger partial charge in [-0.3, -0.25) is 4.79 Å². The first-order valence-corrected chi connectivity index (χ1v) is 7.63. The van der Waals surface area contributed by atoms with Crippen LogP contribution in [0.4, 0.5) is 0 Å². The van der Waals surface area contributed by atoms with Crippen molar-refractivity contribution < 1.29 is 14.3 Å². The van der Waals surface area contributed by atoms with Crippen LogP contribution in [0, 0.1) is 11.3 Å². The maximum Gasteiger partial charge on any atom is 0.258 e. The second kappa shape index (κ2) is 8.20. The number of nitriles is 1. The Bertz CT molecular complexity index is 724. The Balaban J connectivity index is 1.85. The van der Waals surface area contributed by atoms with Gasteiger partial charge in [-0.1, -0.05) is 15.9 Å². The summed E-state index contributed by atoms with van der Waals surface area (Å²) in [5, 5.41) is 11.5. The molecular weight excluding hydrogens is 360 g/mol. The van der Waals surface area contributed by atoms with E-state index in [1.807, 2.05) is 24.3 Å². The average molecular weight is 375 g/mol. The zero-order valence-corrected chi connectivity index (χ0v) is 14.1. The zero-order valence-electron chi connectivity index (χ0n) is 12.5. The fourth-order valence-corrected chi connectivity index (χ4v) is 2.31. The van der Waals surface area contributed by atoms with E-state index in [1.165, 1.54) is 0 Å². The van der Waals surface area contributed by atoms with Crippen LogP contribution in [-0.4, -0.2) is 19.6 Å². The lowest BCUT2D eigenvalue weighted by Crippen LogP contribution is -2.28. The quantitative estimate of drug-likeness (QED) is 0.843. The van der Waals surface area contributed by atoms with Crippen molar-refractivity contribution in [2.75, 3.05) is 13.7 Å². The maximum absolute atomic E-state index is 11.9. The van der Waals surface area contributed by atoms with E-state index in [0.717, 1.165) is 10.0 Å². The Labute approximate surface area is 143 Å². The Kier molecular flexibility index (Phi) is 6.01. The number of rotatable bonds is 6. The summed E-state index contributed by atoms with van der Waals surface area (Å²) in [5.41, 5.74) is 1.41. The Morgan fingerprint density at radius 3 is 2.65 bits per heavy atom. The van der Waals surface area contributed by atoms with Gasteiger partial charge in [-0.15, -0.1) is 0 Å². The minimum absolute atomic E-state index is 0.0950. The number of benzene rings is 2. The molecule has 0 unspecified atom stereocenters. The Hall–Kier alpha value is -2.52. The van der Waals surface area contributed by atoms with Gasteiger partial charge in [-0.05, 0) is 42.5 Å². The molecule has 2 rings (SSSR count). The molecule has 118 valence electrons. The van der Waals surface area contributed by atoms with E-state index >= 15 is 0 Å². The van der Waals surface area contributed by atoms with E-state index in [1.54, 1.807) is 31.4 Å². The van der Waals surface area contributed by atoms with Gasteiger partial charge < -0.3 is 14.8 Å². The molecule has 2 aromatic carbocycles. The standard InChI is InChI=1S/C17H15BrN2O3/c1-22-16-7-4-14(18)8-13(16)10-20-17(21)11-23-15-5-2-12(9-19)3-6-15/h2-8H,10-11H2,1H3,(H,20,21). The molecule has 1 N–H and O–H groups in total. The number of methoxy groups -OCH3 is 1. The number of ether oxygens (including phenoxy) is 2. The molecule has 0 atom stereocenters. The number of amides is 1. The minimum atomic E-state index is -0.239. The molecule has 0 saturated heterocycles. The Morgan fingerprint density at radius 1 is 1.26 bits per heavy atom. The molecule has 0 fully saturated rings. The molecule has 0 aromatic heterocycles. The van der Waals surface area contributed by atoms with Gasteiger partial charge in [-0.25, -0.2) is 0 Å². The molecule has 0 aliphatic carbocycles. The van der Waals surface area contributed by atoms with E-state index in [4.69, 9.17) is 14.7 Å². The van der Waals surface area contributed by atoms with Crippen LogP contribution in [0.25, 0.3) is 0 Å². The van der Waals surface area contributed by atoms with E-state index in [0.29, 0.717) is 23.6 Å². The third-order valence-corrected chi connectivity index (χ3v) is 3.57. The molecule has 2 aromatic rings. The Morgan fingerprint density at radius 2 is 2.00 bits per heavy atom. The average Bonchev–Trinajstić information content (AvgIpc) is 2.58. The van der Waals surface area contributed by atoms with Gasteiger partial charge in [-0.2, -0.15) is 5.26 Å². The molecule has 5 nitrogen and oxygen atoms in total. The molecule has 0 saturated carbocycles. The van der Waals surface area contributed by atoms with Gasteiger partial charge in [0.15, 0.2) is 6.61 Å². The number of nitrogens with one attached hydrogen (secondary N) is 1. The molecule has 0 radical (unpaired) electrons. The molecule has 0 spiro atoms. The summed E-state index contributed by atoms with van der Waals surface area (Å²) in [6, 6.07) is 14.2. The highest BCUT2D eigenvalue weighted by Crippen LogP contribution is 2.22. The summed E-state index contributed by atoms with van der Waals surface area (Å²) < 4.78 is 11.5. The van der Waals surface area contributed by atoms with Crippen LogP contribution in [-0.2, 0) is 11.3 Å². The predicted molar refractivity (Wildman–Crippen MR) is 89.2 cm³/mol. The van der Waals surface area contributed by atoms with Crippen molar-refractivity contribution in [3.8, 4) is 17.6 Å². The summed E-state index contributed by atoms with van der Waals surface area (Å²) >= 11 is 3.39. The lowest BCUT2D eigenvalue weighted by atomic mass is 10.2. The molecule has 0 aliphatic rings. The van der Waals surface area contributed by atoms with Crippen LogP contribution < -0.4 is 14.8 Å². The van der Waals surface area contributed by atoms with Gasteiger partial charge in [0.05, 0.1) is 18.7 Å². The summed E-state index contributed by atoms with van der Waals surface area (Å²) in [6.45, 7) is 0.250. The second-order valence-corrected chi connectivity index (χ2v) is 5.57. The minimum Gasteiger partial charge on any atom is -0.496 e. The van der Waals surface area contributed by atoms with Gasteiger partial charge in [0.25, 0.3) is 5.91 Å². The lowest BCUT2D eigenvalue weighted by molar-refractivity contribution is -0.123. The number of nitrogens with zero attached hydrogens (tertiary/aromatic N) is 1. The largest absolute Gasteiger partial charge is 0.496 e. The number of hydrogen-bond acceptors (Lipinski definition) is 4. The maximum atomic E-state index is 11.9. The summed E-state index contributed by atoms with van der Waals surface area (Å²) in [4.78, 5) is 11.9. The number of hydrogen-bond donors (Lipinski definition) is 1. The molecule has 23 heavy (non-hydrogen) atoms. The molecular formula is C17H15BrN2O3. The normalized spacial score (nSPS) is 9.78. The van der Waals surface area contributed by atoms with Crippen molar-refractivity contribution in [1.29, 1.82) is 5.26 Å². The summed E-state index contributed by atoms with van der Waals surface area (Å²) in [5.74, 6) is 1.01. The van der Waals surface area contributed by atoms with Gasteiger partial charge in [0.1, 0.15) is 11.5 Å². The number of carbonyl (C=O) groups is 1. The highest BCUT2D eigenvalue weighted by atomic mass is 79.9. The first-order chi connectivity index (χ1) is 11.1. The van der Waals surface area contributed by atoms with Crippen molar-refractivity contribution in [2.24, 2.45) is 0 Å². The van der Waals surface area contributed by atoms with E-state index in [-0.39, 0.29) is 12.5 Å². The third kappa shape index (κ3) is 5.01. The van der Waals surface area contributed by atoms with Gasteiger partial charge in [0.2, 0.25) is 0 Å². The van der Waals surface area contributed by atoms with Gasteiger partial charge in [0, 0.05) is 16.6 Å². The first-order valence-electron chi connectivity index (χ1n) is 6.84. The molecule has 0 aliphatic heterocycles. The SMILES string of the molecule is COc1ccc(Br)cc1CNC(=O)COc1ccc(C#N)cc1. The number of carbonyl (C=O) groups excluding carboxylic acids is 1. The highest BCUT2D eigenvalue weighted by molar-refractivity contribution is 9.10. The summed E-state index contributed by atoms with van der Waals surface area (Å²) in [7, 11) is 1.59. The van der Waals surface area contributed by atoms with E-state index in [9.17, 15) is 4.79 Å². The van der Waals surface area contributed by atoms with Crippen LogP contribution in [0.2, 0.25) is 0 Å². The fourth-order valence-electron chi connectivity index (χ4n) is 1.90. The van der Waals surface area contributed by atoms with Crippen LogP contribution >= 0.6 is 15.9 Å². The van der Waals surface area contributed by atoms with Crippen molar-refractivity contribution in [3.05, 3.63) is 58.1 Å². The van der Waals surface area contributed by atoms with Crippen molar-refractivity contribution in [2.45, 2.75) is 6.54 Å². The van der Waals surface area contributed by atoms with E-state index < -0.39 is 0 Å². The van der Waals surface area contributed by atoms with Gasteiger partial charge >= 0.3 is 0 Å². The lowest BCUT2D eigenvalue weighted by Gasteiger charge is -2.11. The van der Waals surface area contributed by atoms with Crippen LogP contribution in [0.5, 0.6) is 11.5 Å². The first kappa shape index (κ1) is 16.8. The van der Waals surface area contributed by atoms with Crippen molar-refractivity contribution in [1.82, 2.24) is 5.32 Å². The van der Waals surface area contributed by atoms with E-state index in [2.05, 4.69) is 21.2 Å². The monoisotopic (exact) mass is 374 g/mol. The second-order valence-electron chi connectivity index (χ2n) is 4.66. The van der Waals surface area contributed by atoms with Crippen molar-refractivity contribution in [3.63, 3.8) is 0 Å². The smallest absolute Gasteiger partial charge is 0.258 e.